The van der Waals surface area contributed by atoms with Crippen molar-refractivity contribution in [3.05, 3.63) is 47.5 Å². The summed E-state index contributed by atoms with van der Waals surface area (Å²) in [5.41, 5.74) is 2.20. The van der Waals surface area contributed by atoms with Gasteiger partial charge in [0.25, 0.3) is 0 Å². The van der Waals surface area contributed by atoms with Gasteiger partial charge in [-0.2, -0.15) is 0 Å². The number of carbonyl (C=O) groups is 1. The third-order valence-corrected chi connectivity index (χ3v) is 4.61. The fourth-order valence-corrected chi connectivity index (χ4v) is 3.19. The molecule has 0 saturated heterocycles. The number of amides is 2. The molecule has 2 amide bonds. The number of hydrogen-bond acceptors (Lipinski definition) is 5. The fourth-order valence-electron chi connectivity index (χ4n) is 3.19. The van der Waals surface area contributed by atoms with Crippen molar-refractivity contribution in [2.75, 3.05) is 39.5 Å². The Morgan fingerprint density at radius 3 is 1.57 bits per heavy atom. The standard InChI is InChI=1S/C21H24N2O5/c24-21(22-7-5-15-1-3-17-19(13-15)27-11-9-25-17)23-8-6-16-2-4-18-20(14-16)28-12-10-26-18/h1-4,13-14H,5-12H2,(H2,22,23,24). The van der Waals surface area contributed by atoms with E-state index < -0.39 is 0 Å². The van der Waals surface area contributed by atoms with Crippen LogP contribution in [0, 0.1) is 0 Å². The Kier molecular flexibility index (Phi) is 5.70. The lowest BCUT2D eigenvalue weighted by Gasteiger charge is -2.19. The zero-order valence-electron chi connectivity index (χ0n) is 15.7. The van der Waals surface area contributed by atoms with E-state index in [4.69, 9.17) is 18.9 Å². The minimum absolute atomic E-state index is 0.171. The van der Waals surface area contributed by atoms with E-state index >= 15 is 0 Å². The van der Waals surface area contributed by atoms with Gasteiger partial charge in [0.2, 0.25) is 0 Å². The van der Waals surface area contributed by atoms with E-state index in [0.717, 1.165) is 47.0 Å². The van der Waals surface area contributed by atoms with Crippen LogP contribution in [0.3, 0.4) is 0 Å². The molecule has 0 radical (unpaired) electrons. The van der Waals surface area contributed by atoms with Gasteiger partial charge in [-0.1, -0.05) is 12.1 Å². The van der Waals surface area contributed by atoms with E-state index in [0.29, 0.717) is 39.5 Å². The first-order chi connectivity index (χ1) is 13.8. The van der Waals surface area contributed by atoms with Crippen LogP contribution in [0.5, 0.6) is 23.0 Å². The van der Waals surface area contributed by atoms with Gasteiger partial charge in [0.15, 0.2) is 23.0 Å². The third kappa shape index (κ3) is 4.60. The van der Waals surface area contributed by atoms with Gasteiger partial charge in [-0.15, -0.1) is 0 Å². The highest BCUT2D eigenvalue weighted by atomic mass is 16.6. The van der Waals surface area contributed by atoms with Crippen molar-refractivity contribution in [2.24, 2.45) is 0 Å². The Balaban J connectivity index is 1.17. The van der Waals surface area contributed by atoms with Crippen LogP contribution < -0.4 is 29.6 Å². The topological polar surface area (TPSA) is 78.1 Å². The molecule has 148 valence electrons. The molecule has 4 rings (SSSR count). The molecular weight excluding hydrogens is 360 g/mol. The first-order valence-corrected chi connectivity index (χ1v) is 9.57. The number of benzene rings is 2. The van der Waals surface area contributed by atoms with Crippen LogP contribution in [0.1, 0.15) is 11.1 Å². The maximum absolute atomic E-state index is 12.0. The van der Waals surface area contributed by atoms with Gasteiger partial charge in [-0.3, -0.25) is 0 Å². The zero-order valence-corrected chi connectivity index (χ0v) is 15.7. The molecule has 0 atom stereocenters. The lowest BCUT2D eigenvalue weighted by atomic mass is 10.1. The molecule has 2 aliphatic heterocycles. The summed E-state index contributed by atoms with van der Waals surface area (Å²) in [5, 5.41) is 5.76. The second-order valence-corrected chi connectivity index (χ2v) is 6.64. The summed E-state index contributed by atoms with van der Waals surface area (Å²) < 4.78 is 22.2. The summed E-state index contributed by atoms with van der Waals surface area (Å²) in [6, 6.07) is 11.6. The molecule has 0 fully saturated rings. The molecule has 2 N–H and O–H groups in total. The van der Waals surface area contributed by atoms with Crippen LogP contribution in [0.4, 0.5) is 4.79 Å². The van der Waals surface area contributed by atoms with Gasteiger partial charge in [0.1, 0.15) is 26.4 Å². The lowest BCUT2D eigenvalue weighted by Crippen LogP contribution is -2.37. The summed E-state index contributed by atoms with van der Waals surface area (Å²) in [6.07, 6.45) is 1.46. The minimum atomic E-state index is -0.171. The van der Waals surface area contributed by atoms with Crippen LogP contribution in [-0.2, 0) is 12.8 Å². The molecular formula is C21H24N2O5. The molecule has 0 spiro atoms. The number of hydrogen-bond donors (Lipinski definition) is 2. The predicted octanol–water partition coefficient (Wildman–Crippen LogP) is 2.31. The number of carbonyl (C=O) groups excluding carboxylic acids is 1. The Morgan fingerprint density at radius 1 is 0.679 bits per heavy atom. The fraction of sp³-hybridized carbons (Fsp3) is 0.381. The van der Waals surface area contributed by atoms with Gasteiger partial charge in [0, 0.05) is 13.1 Å². The van der Waals surface area contributed by atoms with Crippen molar-refractivity contribution >= 4 is 6.03 Å². The Bertz CT molecular complexity index is 772. The van der Waals surface area contributed by atoms with Crippen molar-refractivity contribution in [3.63, 3.8) is 0 Å². The van der Waals surface area contributed by atoms with E-state index in [2.05, 4.69) is 10.6 Å². The van der Waals surface area contributed by atoms with Crippen molar-refractivity contribution in [1.82, 2.24) is 10.6 Å². The maximum atomic E-state index is 12.0. The number of fused-ring (bicyclic) bond motifs is 2. The van der Waals surface area contributed by atoms with Crippen molar-refractivity contribution in [3.8, 4) is 23.0 Å². The summed E-state index contributed by atoms with van der Waals surface area (Å²) in [5.74, 6) is 3.10. The van der Waals surface area contributed by atoms with Gasteiger partial charge in [-0.25, -0.2) is 4.79 Å². The molecule has 0 unspecified atom stereocenters. The van der Waals surface area contributed by atoms with E-state index in [1.165, 1.54) is 0 Å². The normalized spacial score (nSPS) is 14.3. The molecule has 2 aromatic rings. The average molecular weight is 384 g/mol. The average Bonchev–Trinajstić information content (AvgIpc) is 2.73. The van der Waals surface area contributed by atoms with Crippen LogP contribution in [0.2, 0.25) is 0 Å². The van der Waals surface area contributed by atoms with Crippen molar-refractivity contribution in [1.29, 1.82) is 0 Å². The molecule has 0 aliphatic carbocycles. The SMILES string of the molecule is O=C(NCCc1ccc2c(c1)OCCO2)NCCc1ccc2c(c1)OCCO2. The van der Waals surface area contributed by atoms with Crippen molar-refractivity contribution < 1.29 is 23.7 Å². The largest absolute Gasteiger partial charge is 0.486 e. The second-order valence-electron chi connectivity index (χ2n) is 6.64. The zero-order chi connectivity index (χ0) is 19.2. The summed E-state index contributed by atoms with van der Waals surface area (Å²) in [4.78, 5) is 12.0. The van der Waals surface area contributed by atoms with Crippen LogP contribution in [0.25, 0.3) is 0 Å². The molecule has 7 nitrogen and oxygen atoms in total. The second kappa shape index (κ2) is 8.73. The summed E-state index contributed by atoms with van der Waals surface area (Å²) in [7, 11) is 0. The Labute approximate surface area is 163 Å². The Hall–Kier alpha value is -3.09. The minimum Gasteiger partial charge on any atom is -0.486 e. The summed E-state index contributed by atoms with van der Waals surface area (Å²) in [6.45, 7) is 3.41. The highest BCUT2D eigenvalue weighted by Gasteiger charge is 2.13. The smallest absolute Gasteiger partial charge is 0.314 e. The first-order valence-electron chi connectivity index (χ1n) is 9.57. The molecule has 2 aliphatic rings. The van der Waals surface area contributed by atoms with Crippen LogP contribution in [0.15, 0.2) is 36.4 Å². The molecule has 2 aromatic carbocycles. The highest BCUT2D eigenvalue weighted by molar-refractivity contribution is 5.73. The van der Waals surface area contributed by atoms with E-state index in [1.807, 2.05) is 36.4 Å². The molecule has 2 heterocycles. The van der Waals surface area contributed by atoms with E-state index in [1.54, 1.807) is 0 Å². The quantitative estimate of drug-likeness (QED) is 0.799. The van der Waals surface area contributed by atoms with Gasteiger partial charge in [-0.05, 0) is 48.2 Å². The number of ether oxygens (including phenoxy) is 4. The highest BCUT2D eigenvalue weighted by Crippen LogP contribution is 2.31. The molecule has 7 heteroatoms. The van der Waals surface area contributed by atoms with E-state index in [-0.39, 0.29) is 6.03 Å². The molecule has 0 aromatic heterocycles. The van der Waals surface area contributed by atoms with E-state index in [9.17, 15) is 4.79 Å². The van der Waals surface area contributed by atoms with Crippen molar-refractivity contribution in [2.45, 2.75) is 12.8 Å². The van der Waals surface area contributed by atoms with Crippen LogP contribution in [-0.4, -0.2) is 45.5 Å². The van der Waals surface area contributed by atoms with Gasteiger partial charge >= 0.3 is 6.03 Å². The molecule has 28 heavy (non-hydrogen) atoms. The Morgan fingerprint density at radius 2 is 1.11 bits per heavy atom. The number of urea groups is 1. The van der Waals surface area contributed by atoms with Gasteiger partial charge < -0.3 is 29.6 Å². The summed E-state index contributed by atoms with van der Waals surface area (Å²) >= 11 is 0. The molecule has 0 saturated carbocycles. The number of nitrogens with one attached hydrogen (secondary N) is 2. The van der Waals surface area contributed by atoms with Crippen LogP contribution >= 0.6 is 0 Å². The first kappa shape index (κ1) is 18.3. The molecule has 0 bridgehead atoms. The third-order valence-electron chi connectivity index (χ3n) is 4.61. The monoisotopic (exact) mass is 384 g/mol. The number of rotatable bonds is 6. The van der Waals surface area contributed by atoms with Gasteiger partial charge in [0.05, 0.1) is 0 Å². The predicted molar refractivity (Wildman–Crippen MR) is 104 cm³/mol. The lowest BCUT2D eigenvalue weighted by molar-refractivity contribution is 0.171. The maximum Gasteiger partial charge on any atom is 0.314 e.